The van der Waals surface area contributed by atoms with Crippen molar-refractivity contribution in [2.75, 3.05) is 12.8 Å². The number of aliphatic hydroxyl groups is 1. The fraction of sp³-hybridized carbons (Fsp3) is 1.00. The molecule has 1 aliphatic carbocycles. The van der Waals surface area contributed by atoms with Crippen LogP contribution < -0.4 is 0 Å². The third kappa shape index (κ3) is 1.30. The fourth-order valence-corrected chi connectivity index (χ4v) is 2.93. The third-order valence-electron chi connectivity index (χ3n) is 2.90. The normalized spacial score (nSPS) is 36.0. The summed E-state index contributed by atoms with van der Waals surface area (Å²) in [6.07, 6.45) is 6.94. The van der Waals surface area contributed by atoms with Gasteiger partial charge in [-0.2, -0.15) is 0 Å². The molecule has 0 aromatic heterocycles. The molecule has 11 heavy (non-hydrogen) atoms. The molecule has 0 radical (unpaired) electrons. The van der Waals surface area contributed by atoms with Crippen molar-refractivity contribution >= 4 is 11.9 Å². The van der Waals surface area contributed by atoms with E-state index < -0.39 is 0 Å². The van der Waals surface area contributed by atoms with Crippen LogP contribution in [0.1, 0.15) is 25.7 Å². The number of nitrogens with zero attached hydrogens (tertiary/aromatic N) is 1. The minimum absolute atomic E-state index is 0.0753. The van der Waals surface area contributed by atoms with Gasteiger partial charge in [-0.3, -0.25) is 0 Å². The predicted octanol–water partition coefficient (Wildman–Crippen LogP) is 1.25. The summed E-state index contributed by atoms with van der Waals surface area (Å²) in [5, 5.41) is 9.42. The molecule has 1 heterocycles. The van der Waals surface area contributed by atoms with Crippen LogP contribution in [0, 0.1) is 0 Å². The summed E-state index contributed by atoms with van der Waals surface area (Å²) >= 11 is 1.79. The average molecular weight is 173 g/mol. The Morgan fingerprint density at radius 2 is 2.18 bits per heavy atom. The van der Waals surface area contributed by atoms with E-state index in [4.69, 9.17) is 0 Å². The van der Waals surface area contributed by atoms with Crippen molar-refractivity contribution in [1.29, 1.82) is 0 Å². The molecule has 2 fully saturated rings. The summed E-state index contributed by atoms with van der Waals surface area (Å²) in [7, 11) is 0. The number of aliphatic hydroxyl groups excluding tert-OH is 1. The van der Waals surface area contributed by atoms with Gasteiger partial charge in [-0.25, -0.2) is 4.31 Å². The molecule has 0 aromatic rings. The van der Waals surface area contributed by atoms with Gasteiger partial charge >= 0.3 is 0 Å². The summed E-state index contributed by atoms with van der Waals surface area (Å²) in [6.45, 7) is 0.876. The smallest absolute Gasteiger partial charge is 0.0677 e. The standard InChI is InChI=1S/C8H15NOS/c1-11-9-6-7(10)2-3-8(9)4-5-8/h7,10H,2-6H2,1H3/t7-/m0/s1. The maximum absolute atomic E-state index is 9.42. The number of rotatable bonds is 1. The van der Waals surface area contributed by atoms with Gasteiger partial charge in [-0.05, 0) is 31.9 Å². The number of hydrogen-bond donors (Lipinski definition) is 1. The Hall–Kier alpha value is 0.270. The Balaban J connectivity index is 2.01. The molecule has 0 amide bonds. The lowest BCUT2D eigenvalue weighted by molar-refractivity contribution is 0.0787. The molecule has 0 unspecified atom stereocenters. The first kappa shape index (κ1) is 7.90. The van der Waals surface area contributed by atoms with Crippen LogP contribution >= 0.6 is 11.9 Å². The highest BCUT2D eigenvalue weighted by atomic mass is 32.2. The molecule has 2 aliphatic rings. The van der Waals surface area contributed by atoms with Crippen molar-refractivity contribution in [2.45, 2.75) is 37.3 Å². The highest BCUT2D eigenvalue weighted by Crippen LogP contribution is 2.50. The van der Waals surface area contributed by atoms with Gasteiger partial charge in [0.15, 0.2) is 0 Å². The van der Waals surface area contributed by atoms with Crippen LogP contribution in [0.25, 0.3) is 0 Å². The molecular weight excluding hydrogens is 158 g/mol. The molecule has 64 valence electrons. The highest BCUT2D eigenvalue weighted by molar-refractivity contribution is 7.96. The Kier molecular flexibility index (Phi) is 1.90. The molecule has 2 rings (SSSR count). The van der Waals surface area contributed by atoms with Crippen LogP contribution in [-0.4, -0.2) is 33.9 Å². The third-order valence-corrected chi connectivity index (χ3v) is 3.87. The van der Waals surface area contributed by atoms with Gasteiger partial charge in [0.25, 0.3) is 0 Å². The molecule has 0 bridgehead atoms. The maximum atomic E-state index is 9.42. The van der Waals surface area contributed by atoms with Crippen LogP contribution in [0.4, 0.5) is 0 Å². The van der Waals surface area contributed by atoms with E-state index in [1.165, 1.54) is 19.3 Å². The summed E-state index contributed by atoms with van der Waals surface area (Å²) < 4.78 is 2.38. The van der Waals surface area contributed by atoms with Crippen molar-refractivity contribution < 1.29 is 5.11 Å². The van der Waals surface area contributed by atoms with E-state index in [1.54, 1.807) is 11.9 Å². The van der Waals surface area contributed by atoms with E-state index in [1.807, 2.05) is 0 Å². The zero-order valence-corrected chi connectivity index (χ0v) is 7.73. The number of β-amino-alcohol motifs (C(OH)–C–C–N with tert-alkyl or cyclic N) is 1. The fourth-order valence-electron chi connectivity index (χ4n) is 1.95. The second-order valence-corrected chi connectivity index (χ2v) is 4.47. The van der Waals surface area contributed by atoms with Crippen molar-refractivity contribution in [1.82, 2.24) is 4.31 Å². The molecule has 1 N–H and O–H groups in total. The van der Waals surface area contributed by atoms with Gasteiger partial charge in [0.2, 0.25) is 0 Å². The Morgan fingerprint density at radius 3 is 2.73 bits per heavy atom. The molecule has 0 aromatic carbocycles. The minimum Gasteiger partial charge on any atom is -0.392 e. The lowest BCUT2D eigenvalue weighted by Crippen LogP contribution is -2.42. The highest BCUT2D eigenvalue weighted by Gasteiger charge is 2.50. The van der Waals surface area contributed by atoms with Crippen molar-refractivity contribution in [3.05, 3.63) is 0 Å². The van der Waals surface area contributed by atoms with E-state index in [0.717, 1.165) is 13.0 Å². The topological polar surface area (TPSA) is 23.5 Å². The second kappa shape index (κ2) is 2.64. The van der Waals surface area contributed by atoms with Gasteiger partial charge in [0.1, 0.15) is 0 Å². The molecule has 3 heteroatoms. The lowest BCUT2D eigenvalue weighted by Gasteiger charge is -2.36. The number of hydrogen-bond acceptors (Lipinski definition) is 3. The zero-order chi connectivity index (χ0) is 7.90. The Bertz CT molecular complexity index is 158. The molecule has 1 atom stereocenters. The van der Waals surface area contributed by atoms with Crippen molar-refractivity contribution in [3.8, 4) is 0 Å². The van der Waals surface area contributed by atoms with Gasteiger partial charge in [-0.1, -0.05) is 11.9 Å². The van der Waals surface area contributed by atoms with E-state index in [0.29, 0.717) is 5.54 Å². The Labute approximate surface area is 72.1 Å². The largest absolute Gasteiger partial charge is 0.392 e. The first-order valence-corrected chi connectivity index (χ1v) is 5.45. The molecule has 1 spiro atoms. The SMILES string of the molecule is CSN1C[C@@H](O)CCC12CC2. The molecule has 2 nitrogen and oxygen atoms in total. The van der Waals surface area contributed by atoms with E-state index in [-0.39, 0.29) is 6.10 Å². The second-order valence-electron chi connectivity index (χ2n) is 3.66. The van der Waals surface area contributed by atoms with Gasteiger partial charge < -0.3 is 5.11 Å². The minimum atomic E-state index is -0.0753. The van der Waals surface area contributed by atoms with Crippen LogP contribution in [0.2, 0.25) is 0 Å². The monoisotopic (exact) mass is 173 g/mol. The predicted molar refractivity (Wildman–Crippen MR) is 47.4 cm³/mol. The van der Waals surface area contributed by atoms with Crippen molar-refractivity contribution in [2.24, 2.45) is 0 Å². The van der Waals surface area contributed by atoms with Gasteiger partial charge in [0, 0.05) is 12.1 Å². The summed E-state index contributed by atoms with van der Waals surface area (Å²) in [5.74, 6) is 0. The van der Waals surface area contributed by atoms with Crippen LogP contribution in [-0.2, 0) is 0 Å². The number of piperidine rings is 1. The van der Waals surface area contributed by atoms with Gasteiger partial charge in [-0.15, -0.1) is 0 Å². The summed E-state index contributed by atoms with van der Waals surface area (Å²) in [4.78, 5) is 0. The van der Waals surface area contributed by atoms with Crippen LogP contribution in [0.15, 0.2) is 0 Å². The maximum Gasteiger partial charge on any atom is 0.0677 e. The van der Waals surface area contributed by atoms with E-state index >= 15 is 0 Å². The van der Waals surface area contributed by atoms with Crippen molar-refractivity contribution in [3.63, 3.8) is 0 Å². The molecule has 1 saturated heterocycles. The van der Waals surface area contributed by atoms with E-state index in [2.05, 4.69) is 10.6 Å². The average Bonchev–Trinajstić information content (AvgIpc) is 2.76. The molecular formula is C8H15NOS. The first-order chi connectivity index (χ1) is 5.27. The summed E-state index contributed by atoms with van der Waals surface area (Å²) in [5.41, 5.74) is 0.513. The summed E-state index contributed by atoms with van der Waals surface area (Å²) in [6, 6.07) is 0. The first-order valence-electron chi connectivity index (χ1n) is 4.27. The Morgan fingerprint density at radius 1 is 1.45 bits per heavy atom. The van der Waals surface area contributed by atoms with Crippen LogP contribution in [0.5, 0.6) is 0 Å². The molecule has 1 aliphatic heterocycles. The van der Waals surface area contributed by atoms with Gasteiger partial charge in [0.05, 0.1) is 6.10 Å². The molecule has 1 saturated carbocycles. The zero-order valence-electron chi connectivity index (χ0n) is 6.92. The lowest BCUT2D eigenvalue weighted by atomic mass is 10.0. The van der Waals surface area contributed by atoms with E-state index in [9.17, 15) is 5.11 Å². The van der Waals surface area contributed by atoms with Crippen LogP contribution in [0.3, 0.4) is 0 Å². The quantitative estimate of drug-likeness (QED) is 0.604.